The van der Waals surface area contributed by atoms with Crippen LogP contribution < -0.4 is 0 Å². The van der Waals surface area contributed by atoms with Crippen LogP contribution in [0.2, 0.25) is 0 Å². The molecule has 9 aromatic carbocycles. The molecule has 0 aliphatic heterocycles. The second-order valence-corrected chi connectivity index (χ2v) is 14.0. The van der Waals surface area contributed by atoms with Crippen molar-refractivity contribution in [3.05, 3.63) is 181 Å². The molecule has 0 saturated heterocycles. The summed E-state index contributed by atoms with van der Waals surface area (Å²) in [6, 6.07) is 63.1. The van der Waals surface area contributed by atoms with Gasteiger partial charge in [-0.05, 0) is 105 Å². The number of hydrogen-bond acceptors (Lipinski definition) is 0. The Hall–Kier alpha value is -5.98. The van der Waals surface area contributed by atoms with Gasteiger partial charge in [-0.1, -0.05) is 178 Å². The Kier molecular flexibility index (Phi) is 6.02. The summed E-state index contributed by atoms with van der Waals surface area (Å²) in [5.41, 5.74) is 13.2. The molecule has 1 aliphatic carbocycles. The van der Waals surface area contributed by atoms with Gasteiger partial charge in [0.1, 0.15) is 0 Å². The highest BCUT2D eigenvalue weighted by Crippen LogP contribution is 2.52. The highest BCUT2D eigenvalue weighted by molar-refractivity contribution is 6.23. The van der Waals surface area contributed by atoms with Crippen LogP contribution in [0.1, 0.15) is 25.0 Å². The Morgan fingerprint density at radius 1 is 0.306 bits per heavy atom. The second kappa shape index (κ2) is 10.5. The van der Waals surface area contributed by atoms with Gasteiger partial charge in [0.2, 0.25) is 0 Å². The topological polar surface area (TPSA) is 0 Å². The molecular weight excluding hydrogens is 589 g/mol. The van der Waals surface area contributed by atoms with Gasteiger partial charge < -0.3 is 0 Å². The summed E-state index contributed by atoms with van der Waals surface area (Å²) in [6.07, 6.45) is 0. The van der Waals surface area contributed by atoms with Gasteiger partial charge in [-0.25, -0.2) is 0 Å². The normalized spacial score (nSPS) is 13.3. The van der Waals surface area contributed by atoms with Crippen LogP contribution in [0.4, 0.5) is 0 Å². The van der Waals surface area contributed by atoms with Gasteiger partial charge in [0.25, 0.3) is 0 Å². The first kappa shape index (κ1) is 28.1. The largest absolute Gasteiger partial charge is 0.0619 e. The van der Waals surface area contributed by atoms with Gasteiger partial charge in [-0.2, -0.15) is 0 Å². The lowest BCUT2D eigenvalue weighted by atomic mass is 9.81. The van der Waals surface area contributed by atoms with Crippen molar-refractivity contribution in [2.45, 2.75) is 19.3 Å². The zero-order chi connectivity index (χ0) is 32.7. The third kappa shape index (κ3) is 4.04. The lowest BCUT2D eigenvalue weighted by molar-refractivity contribution is 0.661. The monoisotopic (exact) mass is 622 g/mol. The van der Waals surface area contributed by atoms with Crippen molar-refractivity contribution < 1.29 is 0 Å². The molecule has 9 aromatic rings. The summed E-state index contributed by atoms with van der Waals surface area (Å²) >= 11 is 0. The molecule has 0 heterocycles. The molecule has 0 amide bonds. The van der Waals surface area contributed by atoms with Gasteiger partial charge in [-0.15, -0.1) is 0 Å². The summed E-state index contributed by atoms with van der Waals surface area (Å²) in [4.78, 5) is 0. The zero-order valence-corrected chi connectivity index (χ0v) is 27.7. The Balaban J connectivity index is 1.22. The zero-order valence-electron chi connectivity index (χ0n) is 27.7. The van der Waals surface area contributed by atoms with E-state index in [-0.39, 0.29) is 5.41 Å². The van der Waals surface area contributed by atoms with Gasteiger partial charge in [-0.3, -0.25) is 0 Å². The first-order valence-electron chi connectivity index (χ1n) is 17.3. The molecule has 0 heteroatoms. The molecule has 49 heavy (non-hydrogen) atoms. The molecule has 0 fully saturated rings. The molecule has 0 N–H and O–H groups in total. The Morgan fingerprint density at radius 2 is 0.816 bits per heavy atom. The third-order valence-corrected chi connectivity index (χ3v) is 11.1. The van der Waals surface area contributed by atoms with Crippen LogP contribution >= 0.6 is 0 Å². The number of hydrogen-bond donors (Lipinski definition) is 0. The van der Waals surface area contributed by atoms with E-state index in [0.717, 1.165) is 0 Å². The fourth-order valence-corrected chi connectivity index (χ4v) is 8.83. The van der Waals surface area contributed by atoms with Crippen LogP contribution in [0, 0.1) is 0 Å². The predicted molar refractivity (Wildman–Crippen MR) is 210 cm³/mol. The number of fused-ring (bicyclic) bond motifs is 8. The minimum atomic E-state index is -0.0175. The predicted octanol–water partition coefficient (Wildman–Crippen LogP) is 13.6. The standard InChI is InChI=1S/C49H34/c1-49(2)44-27-10-9-23-43(44)48-38-26-13-24-35(36(38)28-29-45(48)49)32-16-11-17-33(30-32)46-39-19-5-7-21-41(39)47(42-22-8-6-20-40(42)46)37-25-12-15-31-14-3-4-18-34(31)37/h3-30H,1-2H3. The van der Waals surface area contributed by atoms with Crippen molar-refractivity contribution in [2.75, 3.05) is 0 Å². The van der Waals surface area contributed by atoms with Crippen LogP contribution in [0.25, 0.3) is 87.6 Å². The van der Waals surface area contributed by atoms with Crippen molar-refractivity contribution in [2.24, 2.45) is 0 Å². The van der Waals surface area contributed by atoms with E-state index < -0.39 is 0 Å². The maximum absolute atomic E-state index is 2.41. The lowest BCUT2D eigenvalue weighted by Crippen LogP contribution is -2.14. The third-order valence-electron chi connectivity index (χ3n) is 11.1. The van der Waals surface area contributed by atoms with Crippen molar-refractivity contribution in [3.8, 4) is 44.5 Å². The SMILES string of the molecule is CC1(C)c2ccccc2-c2c1ccc1c(-c3cccc(-c4c5ccccc5c(-c5cccc6ccccc56)c5ccccc45)c3)cccc21. The average molecular weight is 623 g/mol. The maximum Gasteiger partial charge on any atom is 0.0159 e. The van der Waals surface area contributed by atoms with Crippen LogP contribution in [0.3, 0.4) is 0 Å². The molecule has 10 rings (SSSR count). The fourth-order valence-electron chi connectivity index (χ4n) is 8.83. The molecule has 0 aromatic heterocycles. The molecule has 0 atom stereocenters. The molecule has 230 valence electrons. The summed E-state index contributed by atoms with van der Waals surface area (Å²) in [7, 11) is 0. The Labute approximate surface area is 286 Å². The Bertz CT molecular complexity index is 2730. The van der Waals surface area contributed by atoms with Crippen molar-refractivity contribution >= 4 is 43.1 Å². The van der Waals surface area contributed by atoms with E-state index in [9.17, 15) is 0 Å². The van der Waals surface area contributed by atoms with E-state index in [2.05, 4.69) is 184 Å². The maximum atomic E-state index is 2.41. The van der Waals surface area contributed by atoms with E-state index in [1.807, 2.05) is 0 Å². The van der Waals surface area contributed by atoms with Crippen LogP contribution in [0.15, 0.2) is 170 Å². The van der Waals surface area contributed by atoms with Crippen LogP contribution in [-0.2, 0) is 5.41 Å². The molecule has 0 bridgehead atoms. The van der Waals surface area contributed by atoms with E-state index in [4.69, 9.17) is 0 Å². The highest BCUT2D eigenvalue weighted by Gasteiger charge is 2.36. The molecule has 0 nitrogen and oxygen atoms in total. The molecule has 0 radical (unpaired) electrons. The van der Waals surface area contributed by atoms with Crippen LogP contribution in [0.5, 0.6) is 0 Å². The second-order valence-electron chi connectivity index (χ2n) is 14.0. The first-order valence-corrected chi connectivity index (χ1v) is 17.3. The van der Waals surface area contributed by atoms with E-state index in [1.54, 1.807) is 0 Å². The molecule has 0 unspecified atom stereocenters. The van der Waals surface area contributed by atoms with Gasteiger partial charge in [0.15, 0.2) is 0 Å². The smallest absolute Gasteiger partial charge is 0.0159 e. The van der Waals surface area contributed by atoms with E-state index in [0.29, 0.717) is 0 Å². The Morgan fingerprint density at radius 3 is 1.59 bits per heavy atom. The van der Waals surface area contributed by atoms with Crippen molar-refractivity contribution in [1.82, 2.24) is 0 Å². The number of benzene rings is 9. The molecule has 1 aliphatic rings. The summed E-state index contributed by atoms with van der Waals surface area (Å²) in [5, 5.41) is 10.3. The molecular formula is C49H34. The van der Waals surface area contributed by atoms with E-state index in [1.165, 1.54) is 98.7 Å². The summed E-state index contributed by atoms with van der Waals surface area (Å²) in [6.45, 7) is 4.72. The lowest BCUT2D eigenvalue weighted by Gasteiger charge is -2.22. The quantitative estimate of drug-likeness (QED) is 0.172. The first-order chi connectivity index (χ1) is 24.1. The van der Waals surface area contributed by atoms with Gasteiger partial charge in [0, 0.05) is 5.41 Å². The highest BCUT2D eigenvalue weighted by atomic mass is 14.4. The minimum absolute atomic E-state index is 0.0175. The average Bonchev–Trinajstić information content (AvgIpc) is 3.39. The molecule has 0 saturated carbocycles. The summed E-state index contributed by atoms with van der Waals surface area (Å²) < 4.78 is 0. The fraction of sp³-hybridized carbons (Fsp3) is 0.0612. The minimum Gasteiger partial charge on any atom is -0.0619 e. The van der Waals surface area contributed by atoms with Gasteiger partial charge >= 0.3 is 0 Å². The molecule has 0 spiro atoms. The van der Waals surface area contributed by atoms with Crippen molar-refractivity contribution in [1.29, 1.82) is 0 Å². The van der Waals surface area contributed by atoms with Gasteiger partial charge in [0.05, 0.1) is 0 Å². The summed E-state index contributed by atoms with van der Waals surface area (Å²) in [5.74, 6) is 0. The van der Waals surface area contributed by atoms with Crippen LogP contribution in [-0.4, -0.2) is 0 Å². The van der Waals surface area contributed by atoms with E-state index >= 15 is 0 Å². The number of rotatable bonds is 3. The van der Waals surface area contributed by atoms with Crippen molar-refractivity contribution in [3.63, 3.8) is 0 Å².